The molecule has 128 valence electrons. The van der Waals surface area contributed by atoms with Gasteiger partial charge in [-0.3, -0.25) is 9.48 Å². The molecule has 23 heavy (non-hydrogen) atoms. The third-order valence-electron chi connectivity index (χ3n) is 5.47. The van der Waals surface area contributed by atoms with Crippen molar-refractivity contribution in [3.63, 3.8) is 0 Å². The van der Waals surface area contributed by atoms with E-state index >= 15 is 0 Å². The molecule has 1 aliphatic carbocycles. The number of rotatable bonds is 4. The summed E-state index contributed by atoms with van der Waals surface area (Å²) in [5.41, 5.74) is 0.497. The maximum absolute atomic E-state index is 12.8. The molecular formula is C17H27N3O3. The van der Waals surface area contributed by atoms with Crippen molar-refractivity contribution >= 4 is 5.91 Å². The molecule has 2 atom stereocenters. The number of amides is 1. The summed E-state index contributed by atoms with van der Waals surface area (Å²) in [4.78, 5) is 14.6. The van der Waals surface area contributed by atoms with E-state index in [1.165, 1.54) is 0 Å². The predicted octanol–water partition coefficient (Wildman–Crippen LogP) is 1.86. The lowest BCUT2D eigenvalue weighted by Crippen LogP contribution is -2.62. The van der Waals surface area contributed by atoms with E-state index in [-0.39, 0.29) is 29.6 Å². The molecule has 2 unspecified atom stereocenters. The third kappa shape index (κ3) is 2.68. The Morgan fingerprint density at radius 3 is 2.74 bits per heavy atom. The van der Waals surface area contributed by atoms with E-state index in [1.807, 2.05) is 25.7 Å². The van der Waals surface area contributed by atoms with Gasteiger partial charge in [0.25, 0.3) is 5.91 Å². The lowest BCUT2D eigenvalue weighted by molar-refractivity contribution is -0.207. The maximum Gasteiger partial charge on any atom is 0.272 e. The molecule has 1 amide bonds. The Kier molecular flexibility index (Phi) is 4.47. The minimum Gasteiger partial charge on any atom is -0.392 e. The molecule has 6 nitrogen and oxygen atoms in total. The summed E-state index contributed by atoms with van der Waals surface area (Å²) in [6.07, 6.45) is 3.86. The molecule has 2 heterocycles. The second-order valence-electron chi connectivity index (χ2n) is 6.98. The molecular weight excluding hydrogens is 294 g/mol. The molecule has 1 N–H and O–H groups in total. The molecule has 1 saturated carbocycles. The van der Waals surface area contributed by atoms with E-state index in [9.17, 15) is 9.90 Å². The Balaban J connectivity index is 1.67. The zero-order valence-electron chi connectivity index (χ0n) is 14.2. The van der Waals surface area contributed by atoms with Crippen molar-refractivity contribution in [1.29, 1.82) is 0 Å². The van der Waals surface area contributed by atoms with Crippen LogP contribution in [0, 0.1) is 5.41 Å². The van der Waals surface area contributed by atoms with Crippen LogP contribution in [0.5, 0.6) is 0 Å². The van der Waals surface area contributed by atoms with E-state index in [4.69, 9.17) is 4.74 Å². The Morgan fingerprint density at radius 1 is 1.48 bits per heavy atom. The lowest BCUT2D eigenvalue weighted by Gasteiger charge is -2.56. The topological polar surface area (TPSA) is 67.6 Å². The highest BCUT2D eigenvalue weighted by Gasteiger charge is 2.56. The first kappa shape index (κ1) is 16.5. The van der Waals surface area contributed by atoms with E-state index < -0.39 is 0 Å². The van der Waals surface area contributed by atoms with E-state index in [0.717, 1.165) is 19.3 Å². The molecule has 1 saturated heterocycles. The minimum atomic E-state index is -0.294. The molecule has 1 aromatic heterocycles. The zero-order valence-corrected chi connectivity index (χ0v) is 14.2. The van der Waals surface area contributed by atoms with Gasteiger partial charge >= 0.3 is 0 Å². The van der Waals surface area contributed by atoms with Gasteiger partial charge in [0.05, 0.1) is 12.2 Å². The van der Waals surface area contributed by atoms with Crippen LogP contribution < -0.4 is 0 Å². The quantitative estimate of drug-likeness (QED) is 0.919. The highest BCUT2D eigenvalue weighted by atomic mass is 16.5. The van der Waals surface area contributed by atoms with Crippen LogP contribution in [-0.2, 0) is 4.74 Å². The van der Waals surface area contributed by atoms with E-state index in [2.05, 4.69) is 5.10 Å². The van der Waals surface area contributed by atoms with Crippen molar-refractivity contribution in [2.24, 2.45) is 5.41 Å². The van der Waals surface area contributed by atoms with Gasteiger partial charge in [-0.1, -0.05) is 0 Å². The monoisotopic (exact) mass is 321 g/mol. The third-order valence-corrected chi connectivity index (χ3v) is 5.47. The molecule has 3 rings (SSSR count). The van der Waals surface area contributed by atoms with Crippen LogP contribution in [0.15, 0.2) is 12.3 Å². The van der Waals surface area contributed by atoms with Crippen molar-refractivity contribution < 1.29 is 14.6 Å². The summed E-state index contributed by atoms with van der Waals surface area (Å²) >= 11 is 0. The molecule has 2 aliphatic rings. The van der Waals surface area contributed by atoms with Crippen molar-refractivity contribution in [2.75, 3.05) is 19.7 Å². The van der Waals surface area contributed by atoms with Crippen LogP contribution in [0.2, 0.25) is 0 Å². The molecule has 1 aliphatic heterocycles. The largest absolute Gasteiger partial charge is 0.392 e. The number of aliphatic hydroxyl groups excluding tert-OH is 1. The van der Waals surface area contributed by atoms with Gasteiger partial charge in [-0.25, -0.2) is 0 Å². The SMILES string of the molecule is CCOC1CC(O)C12CCN(C(=O)c1ccnn1C(C)C)CC2. The molecule has 2 fully saturated rings. The summed E-state index contributed by atoms with van der Waals surface area (Å²) in [5, 5.41) is 14.5. The Morgan fingerprint density at radius 2 is 2.17 bits per heavy atom. The summed E-state index contributed by atoms with van der Waals surface area (Å²) in [6, 6.07) is 1.95. The fourth-order valence-electron chi connectivity index (χ4n) is 4.00. The first-order chi connectivity index (χ1) is 11.0. The number of aliphatic hydroxyl groups is 1. The van der Waals surface area contributed by atoms with Gasteiger partial charge in [-0.05, 0) is 39.7 Å². The van der Waals surface area contributed by atoms with Gasteiger partial charge < -0.3 is 14.7 Å². The van der Waals surface area contributed by atoms with E-state index in [1.54, 1.807) is 16.9 Å². The number of ether oxygens (including phenoxy) is 1. The molecule has 1 spiro atoms. The van der Waals surface area contributed by atoms with Gasteiger partial charge in [-0.15, -0.1) is 0 Å². The number of nitrogens with zero attached hydrogens (tertiary/aromatic N) is 3. The fraction of sp³-hybridized carbons (Fsp3) is 0.765. The number of hydrogen-bond donors (Lipinski definition) is 1. The van der Waals surface area contributed by atoms with Crippen LogP contribution in [0.1, 0.15) is 56.6 Å². The van der Waals surface area contributed by atoms with Gasteiger partial charge in [0.2, 0.25) is 0 Å². The van der Waals surface area contributed by atoms with Crippen LogP contribution in [0.3, 0.4) is 0 Å². The number of aromatic nitrogens is 2. The second kappa shape index (κ2) is 6.24. The predicted molar refractivity (Wildman–Crippen MR) is 86.2 cm³/mol. The average molecular weight is 321 g/mol. The Hall–Kier alpha value is -1.40. The van der Waals surface area contributed by atoms with Crippen molar-refractivity contribution in [2.45, 2.75) is 58.3 Å². The first-order valence-electron chi connectivity index (χ1n) is 8.62. The summed E-state index contributed by atoms with van der Waals surface area (Å²) in [6.45, 7) is 8.05. The second-order valence-corrected chi connectivity index (χ2v) is 6.98. The van der Waals surface area contributed by atoms with Gasteiger partial charge in [0, 0.05) is 43.8 Å². The number of carbonyl (C=O) groups is 1. The van der Waals surface area contributed by atoms with E-state index in [0.29, 0.717) is 25.4 Å². The van der Waals surface area contributed by atoms with Crippen molar-refractivity contribution in [1.82, 2.24) is 14.7 Å². The van der Waals surface area contributed by atoms with Crippen LogP contribution in [0.25, 0.3) is 0 Å². The van der Waals surface area contributed by atoms with Gasteiger partial charge in [-0.2, -0.15) is 5.10 Å². The fourth-order valence-corrected chi connectivity index (χ4v) is 4.00. The highest BCUT2D eigenvalue weighted by Crippen LogP contribution is 2.51. The number of hydrogen-bond acceptors (Lipinski definition) is 4. The zero-order chi connectivity index (χ0) is 16.6. The normalized spacial score (nSPS) is 26.6. The van der Waals surface area contributed by atoms with Crippen LogP contribution in [0.4, 0.5) is 0 Å². The van der Waals surface area contributed by atoms with Crippen LogP contribution >= 0.6 is 0 Å². The Labute approximate surface area is 137 Å². The lowest BCUT2D eigenvalue weighted by atomic mass is 9.58. The highest BCUT2D eigenvalue weighted by molar-refractivity contribution is 5.92. The number of likely N-dealkylation sites (tertiary alicyclic amines) is 1. The Bertz CT molecular complexity index is 559. The smallest absolute Gasteiger partial charge is 0.272 e. The van der Waals surface area contributed by atoms with Crippen molar-refractivity contribution in [3.8, 4) is 0 Å². The molecule has 1 aromatic rings. The standard InChI is InChI=1S/C17H27N3O3/c1-4-23-15-11-14(21)17(15)6-9-19(10-7-17)16(22)13-5-8-18-20(13)12(2)3/h5,8,12,14-15,21H,4,6-7,9-11H2,1-3H3. The molecule has 6 heteroatoms. The molecule has 0 bridgehead atoms. The molecule has 0 radical (unpaired) electrons. The number of piperidine rings is 1. The first-order valence-corrected chi connectivity index (χ1v) is 8.62. The van der Waals surface area contributed by atoms with Gasteiger partial charge in [0.15, 0.2) is 0 Å². The van der Waals surface area contributed by atoms with Gasteiger partial charge in [0.1, 0.15) is 5.69 Å². The minimum absolute atomic E-state index is 0.0350. The molecule has 0 aromatic carbocycles. The number of carbonyl (C=O) groups excluding carboxylic acids is 1. The average Bonchev–Trinajstić information content (AvgIpc) is 3.04. The summed E-state index contributed by atoms with van der Waals surface area (Å²) < 4.78 is 7.55. The summed E-state index contributed by atoms with van der Waals surface area (Å²) in [7, 11) is 0. The maximum atomic E-state index is 12.8. The van der Waals surface area contributed by atoms with Crippen LogP contribution in [-0.4, -0.2) is 57.6 Å². The summed E-state index contributed by atoms with van der Waals surface area (Å²) in [5.74, 6) is 0.0350. The van der Waals surface area contributed by atoms with Crippen molar-refractivity contribution in [3.05, 3.63) is 18.0 Å².